The highest BCUT2D eigenvalue weighted by Crippen LogP contribution is 2.59. The minimum absolute atomic E-state index is 0.118. The molecule has 4 atom stereocenters. The quantitative estimate of drug-likeness (QED) is 0.927. The van der Waals surface area contributed by atoms with Gasteiger partial charge >= 0.3 is 0 Å². The number of hydrogen-bond donors (Lipinski definition) is 1. The highest BCUT2D eigenvalue weighted by atomic mass is 16.5. The van der Waals surface area contributed by atoms with E-state index in [1.54, 1.807) is 5.56 Å². The second kappa shape index (κ2) is 6.27. The topological polar surface area (TPSA) is 38.3 Å². The van der Waals surface area contributed by atoms with Crippen molar-refractivity contribution in [1.82, 2.24) is 5.32 Å². The maximum absolute atomic E-state index is 12.5. The minimum Gasteiger partial charge on any atom is -0.381 e. The predicted molar refractivity (Wildman–Crippen MR) is 90.2 cm³/mol. The van der Waals surface area contributed by atoms with Crippen molar-refractivity contribution in [1.29, 1.82) is 0 Å². The SMILES string of the molecule is CC(C(=O)NCC1C2CCc3ccccc3C21)C1CCOCC1. The molecule has 3 heteroatoms. The van der Waals surface area contributed by atoms with Crippen LogP contribution >= 0.6 is 0 Å². The summed E-state index contributed by atoms with van der Waals surface area (Å²) in [7, 11) is 0. The van der Waals surface area contributed by atoms with Gasteiger partial charge in [0.05, 0.1) is 0 Å². The van der Waals surface area contributed by atoms with Crippen LogP contribution in [0.1, 0.15) is 43.2 Å². The van der Waals surface area contributed by atoms with Gasteiger partial charge in [-0.3, -0.25) is 4.79 Å². The molecule has 124 valence electrons. The Morgan fingerprint density at radius 2 is 2.04 bits per heavy atom. The maximum Gasteiger partial charge on any atom is 0.223 e. The summed E-state index contributed by atoms with van der Waals surface area (Å²) in [4.78, 5) is 12.5. The number of rotatable bonds is 4. The van der Waals surface area contributed by atoms with E-state index in [2.05, 4.69) is 36.5 Å². The van der Waals surface area contributed by atoms with Crippen molar-refractivity contribution in [3.63, 3.8) is 0 Å². The van der Waals surface area contributed by atoms with Gasteiger partial charge in [-0.05, 0) is 60.5 Å². The highest BCUT2D eigenvalue weighted by molar-refractivity contribution is 5.78. The number of carbonyl (C=O) groups is 1. The summed E-state index contributed by atoms with van der Waals surface area (Å²) in [6.07, 6.45) is 4.55. The van der Waals surface area contributed by atoms with Crippen LogP contribution in [0.25, 0.3) is 0 Å². The van der Waals surface area contributed by atoms with Gasteiger partial charge in [0, 0.05) is 25.7 Å². The molecule has 1 aliphatic heterocycles. The lowest BCUT2D eigenvalue weighted by molar-refractivity contribution is -0.127. The first-order valence-electron chi connectivity index (χ1n) is 9.19. The first-order valence-corrected chi connectivity index (χ1v) is 9.19. The molecule has 2 fully saturated rings. The number of carbonyl (C=O) groups excluding carboxylic acids is 1. The van der Waals surface area contributed by atoms with Crippen LogP contribution in [0.2, 0.25) is 0 Å². The molecule has 1 saturated heterocycles. The smallest absolute Gasteiger partial charge is 0.223 e. The monoisotopic (exact) mass is 313 g/mol. The molecule has 0 bridgehead atoms. The normalized spacial score (nSPS) is 30.9. The second-order valence-electron chi connectivity index (χ2n) is 7.57. The summed E-state index contributed by atoms with van der Waals surface area (Å²) in [6, 6.07) is 8.86. The summed E-state index contributed by atoms with van der Waals surface area (Å²) in [5.74, 6) is 3.00. The van der Waals surface area contributed by atoms with Gasteiger partial charge < -0.3 is 10.1 Å². The molecule has 1 aromatic rings. The van der Waals surface area contributed by atoms with Gasteiger partial charge in [-0.15, -0.1) is 0 Å². The first kappa shape index (κ1) is 15.2. The molecule has 1 N–H and O–H groups in total. The third-order valence-electron chi connectivity index (χ3n) is 6.39. The van der Waals surface area contributed by atoms with Crippen LogP contribution in [-0.2, 0) is 16.0 Å². The van der Waals surface area contributed by atoms with Crippen LogP contribution in [0.3, 0.4) is 0 Å². The van der Waals surface area contributed by atoms with E-state index in [1.807, 2.05) is 0 Å². The maximum atomic E-state index is 12.5. The van der Waals surface area contributed by atoms with E-state index in [4.69, 9.17) is 4.74 Å². The Balaban J connectivity index is 1.31. The van der Waals surface area contributed by atoms with E-state index in [1.165, 1.54) is 18.4 Å². The summed E-state index contributed by atoms with van der Waals surface area (Å²) in [5.41, 5.74) is 3.07. The lowest BCUT2D eigenvalue weighted by Gasteiger charge is -2.27. The van der Waals surface area contributed by atoms with Crippen molar-refractivity contribution < 1.29 is 9.53 Å². The number of fused-ring (bicyclic) bond motifs is 3. The number of ether oxygens (including phenoxy) is 1. The van der Waals surface area contributed by atoms with Crippen LogP contribution in [0.15, 0.2) is 24.3 Å². The zero-order valence-electron chi connectivity index (χ0n) is 14.0. The molecule has 4 unspecified atom stereocenters. The van der Waals surface area contributed by atoms with Gasteiger partial charge in [-0.2, -0.15) is 0 Å². The lowest BCUT2D eigenvalue weighted by atomic mass is 9.87. The van der Waals surface area contributed by atoms with Crippen molar-refractivity contribution in [3.05, 3.63) is 35.4 Å². The Morgan fingerprint density at radius 1 is 1.26 bits per heavy atom. The largest absolute Gasteiger partial charge is 0.381 e. The van der Waals surface area contributed by atoms with E-state index < -0.39 is 0 Å². The molecule has 4 rings (SSSR count). The van der Waals surface area contributed by atoms with Crippen molar-refractivity contribution in [3.8, 4) is 0 Å². The fourth-order valence-corrected chi connectivity index (χ4v) is 4.80. The Hall–Kier alpha value is -1.35. The third kappa shape index (κ3) is 2.91. The average Bonchev–Trinajstić information content (AvgIpc) is 3.33. The van der Waals surface area contributed by atoms with Crippen LogP contribution in [0, 0.1) is 23.7 Å². The fraction of sp³-hybridized carbons (Fsp3) is 0.650. The van der Waals surface area contributed by atoms with Gasteiger partial charge in [0.15, 0.2) is 0 Å². The number of hydrogen-bond acceptors (Lipinski definition) is 2. The standard InChI is InChI=1S/C20H27NO2/c1-13(14-8-10-23-11-9-14)20(22)21-12-18-17-7-6-15-4-2-3-5-16(15)19(17)18/h2-5,13-14,17-19H,6-12H2,1H3,(H,21,22). The van der Waals surface area contributed by atoms with Gasteiger partial charge in [-0.25, -0.2) is 0 Å². The molecule has 3 nitrogen and oxygen atoms in total. The fourth-order valence-electron chi connectivity index (χ4n) is 4.80. The zero-order valence-corrected chi connectivity index (χ0v) is 14.0. The van der Waals surface area contributed by atoms with E-state index in [9.17, 15) is 4.79 Å². The molecule has 1 aromatic carbocycles. The summed E-state index contributed by atoms with van der Waals surface area (Å²) >= 11 is 0. The molecule has 1 heterocycles. The van der Waals surface area contributed by atoms with Crippen LogP contribution < -0.4 is 5.32 Å². The molecule has 0 spiro atoms. The Morgan fingerprint density at radius 3 is 2.87 bits per heavy atom. The Kier molecular flexibility index (Phi) is 4.14. The molecule has 1 saturated carbocycles. The number of nitrogens with one attached hydrogen (secondary N) is 1. The summed E-state index contributed by atoms with van der Waals surface area (Å²) in [6.45, 7) is 4.56. The van der Waals surface area contributed by atoms with Crippen molar-refractivity contribution in [2.24, 2.45) is 23.7 Å². The number of aryl methyl sites for hydroxylation is 1. The van der Waals surface area contributed by atoms with E-state index in [-0.39, 0.29) is 11.8 Å². The first-order chi connectivity index (χ1) is 11.3. The van der Waals surface area contributed by atoms with Gasteiger partial charge in [0.2, 0.25) is 5.91 Å². The van der Waals surface area contributed by atoms with Crippen molar-refractivity contribution >= 4 is 5.91 Å². The Labute approximate surface area is 138 Å². The van der Waals surface area contributed by atoms with E-state index >= 15 is 0 Å². The van der Waals surface area contributed by atoms with E-state index in [0.29, 0.717) is 17.8 Å². The van der Waals surface area contributed by atoms with Gasteiger partial charge in [-0.1, -0.05) is 31.2 Å². The summed E-state index contributed by atoms with van der Waals surface area (Å²) in [5, 5.41) is 3.25. The van der Waals surface area contributed by atoms with Crippen molar-refractivity contribution in [2.45, 2.75) is 38.5 Å². The Bertz CT molecular complexity index is 579. The minimum atomic E-state index is 0.118. The molecular weight excluding hydrogens is 286 g/mol. The van der Waals surface area contributed by atoms with Gasteiger partial charge in [0.1, 0.15) is 0 Å². The molecule has 23 heavy (non-hydrogen) atoms. The average molecular weight is 313 g/mol. The van der Waals surface area contributed by atoms with E-state index in [0.717, 1.165) is 38.5 Å². The summed E-state index contributed by atoms with van der Waals surface area (Å²) < 4.78 is 5.40. The molecule has 1 amide bonds. The predicted octanol–water partition coefficient (Wildman–Crippen LogP) is 3.14. The van der Waals surface area contributed by atoms with Gasteiger partial charge in [0.25, 0.3) is 0 Å². The third-order valence-corrected chi connectivity index (χ3v) is 6.39. The van der Waals surface area contributed by atoms with Crippen LogP contribution in [-0.4, -0.2) is 25.7 Å². The van der Waals surface area contributed by atoms with Crippen molar-refractivity contribution in [2.75, 3.05) is 19.8 Å². The molecule has 2 aliphatic carbocycles. The highest BCUT2D eigenvalue weighted by Gasteiger charge is 2.52. The molecule has 0 radical (unpaired) electrons. The lowest BCUT2D eigenvalue weighted by Crippen LogP contribution is -2.36. The second-order valence-corrected chi connectivity index (χ2v) is 7.57. The molecule has 0 aromatic heterocycles. The van der Waals surface area contributed by atoms with Crippen LogP contribution in [0.4, 0.5) is 0 Å². The molecular formula is C20H27NO2. The number of benzene rings is 1. The van der Waals surface area contributed by atoms with Crippen LogP contribution in [0.5, 0.6) is 0 Å². The number of amides is 1. The molecule has 3 aliphatic rings. The zero-order chi connectivity index (χ0) is 15.8.